The largest absolute Gasteiger partial charge is 0.463 e. The van der Waals surface area contributed by atoms with E-state index in [0.29, 0.717) is 32.6 Å². The number of pyridine rings is 2. The number of amides is 1. The Kier molecular flexibility index (Phi) is 4.54. The van der Waals surface area contributed by atoms with E-state index >= 15 is 0 Å². The summed E-state index contributed by atoms with van der Waals surface area (Å²) >= 11 is 1.09. The predicted molar refractivity (Wildman–Crippen MR) is 99.7 cm³/mol. The van der Waals surface area contributed by atoms with Gasteiger partial charge in [0.1, 0.15) is 10.6 Å². The van der Waals surface area contributed by atoms with Crippen LogP contribution in [0.15, 0.2) is 71.9 Å². The van der Waals surface area contributed by atoms with Gasteiger partial charge in [0.05, 0.1) is 6.26 Å². The van der Waals surface area contributed by atoms with E-state index in [1.165, 1.54) is 24.9 Å². The van der Waals surface area contributed by atoms with Crippen LogP contribution in [0.4, 0.5) is 5.13 Å². The summed E-state index contributed by atoms with van der Waals surface area (Å²) in [6.45, 7) is 0. The lowest BCUT2D eigenvalue weighted by atomic mass is 10.1. The highest BCUT2D eigenvalue weighted by Crippen LogP contribution is 2.33. The maximum Gasteiger partial charge on any atom is 0.257 e. The molecule has 7 nitrogen and oxygen atoms in total. The van der Waals surface area contributed by atoms with E-state index in [2.05, 4.69) is 20.3 Å². The number of rotatable bonds is 5. The van der Waals surface area contributed by atoms with Gasteiger partial charge in [-0.15, -0.1) is 0 Å². The summed E-state index contributed by atoms with van der Waals surface area (Å²) in [7, 11) is 0. The van der Waals surface area contributed by atoms with Crippen molar-refractivity contribution in [3.63, 3.8) is 0 Å². The second kappa shape index (κ2) is 7.30. The molecule has 0 aliphatic rings. The number of hydrogen-bond donors (Lipinski definition) is 1. The van der Waals surface area contributed by atoms with Crippen LogP contribution in [0.1, 0.15) is 25.6 Å². The number of carbonyl (C=O) groups is 2. The van der Waals surface area contributed by atoms with Crippen molar-refractivity contribution in [2.45, 2.75) is 0 Å². The number of hydrogen-bond acceptors (Lipinski definition) is 7. The van der Waals surface area contributed by atoms with Gasteiger partial charge < -0.3 is 4.42 Å². The Balaban J connectivity index is 1.70. The van der Waals surface area contributed by atoms with Crippen molar-refractivity contribution >= 4 is 28.2 Å². The Morgan fingerprint density at radius 3 is 2.52 bits per heavy atom. The van der Waals surface area contributed by atoms with Crippen molar-refractivity contribution in [2.24, 2.45) is 0 Å². The monoisotopic (exact) mass is 376 g/mol. The zero-order valence-electron chi connectivity index (χ0n) is 13.8. The zero-order chi connectivity index (χ0) is 18.6. The van der Waals surface area contributed by atoms with Crippen molar-refractivity contribution in [3.05, 3.63) is 83.5 Å². The number of furan rings is 1. The van der Waals surface area contributed by atoms with Crippen LogP contribution < -0.4 is 5.32 Å². The number of aromatic nitrogens is 3. The predicted octanol–water partition coefficient (Wildman–Crippen LogP) is 3.68. The fourth-order valence-electron chi connectivity index (χ4n) is 2.41. The quantitative estimate of drug-likeness (QED) is 0.534. The molecule has 0 aromatic carbocycles. The maximum atomic E-state index is 12.9. The molecule has 0 saturated heterocycles. The summed E-state index contributed by atoms with van der Waals surface area (Å²) in [4.78, 5) is 37.9. The minimum absolute atomic E-state index is 0.239. The first-order chi connectivity index (χ1) is 13.2. The van der Waals surface area contributed by atoms with Gasteiger partial charge in [0.15, 0.2) is 10.9 Å². The third-order valence-corrected chi connectivity index (χ3v) is 4.64. The molecule has 132 valence electrons. The molecule has 0 aliphatic carbocycles. The summed E-state index contributed by atoms with van der Waals surface area (Å²) in [6, 6.07) is 9.98. The lowest BCUT2D eigenvalue weighted by Crippen LogP contribution is -2.11. The Labute approximate surface area is 157 Å². The number of nitrogens with one attached hydrogen (secondary N) is 1. The highest BCUT2D eigenvalue weighted by molar-refractivity contribution is 7.18. The lowest BCUT2D eigenvalue weighted by Gasteiger charge is -2.00. The molecule has 0 fully saturated rings. The van der Waals surface area contributed by atoms with Gasteiger partial charge >= 0.3 is 0 Å². The summed E-state index contributed by atoms with van der Waals surface area (Å²) in [5.74, 6) is -0.128. The van der Waals surface area contributed by atoms with Crippen molar-refractivity contribution in [2.75, 3.05) is 5.32 Å². The maximum absolute atomic E-state index is 12.9. The lowest BCUT2D eigenvalue weighted by molar-refractivity contribution is 0.102. The number of anilines is 1. The first kappa shape index (κ1) is 16.8. The molecule has 0 aliphatic heterocycles. The van der Waals surface area contributed by atoms with E-state index in [-0.39, 0.29) is 11.7 Å². The second-order valence-corrected chi connectivity index (χ2v) is 6.43. The molecule has 0 atom stereocenters. The Hall–Kier alpha value is -3.65. The number of thiazole rings is 1. The van der Waals surface area contributed by atoms with E-state index in [4.69, 9.17) is 4.42 Å². The molecule has 0 bridgehead atoms. The standard InChI is InChI=1S/C19H12N4O3S/c24-16(13-3-1-7-21-11-13)17-15(14-4-2-10-26-14)22-19(27-17)23-18(25)12-5-8-20-9-6-12/h1-11H,(H,22,23,25). The van der Waals surface area contributed by atoms with Gasteiger partial charge in [0, 0.05) is 35.9 Å². The Bertz CT molecular complexity index is 1080. The molecular weight excluding hydrogens is 364 g/mol. The van der Waals surface area contributed by atoms with Gasteiger partial charge in [-0.2, -0.15) is 0 Å². The molecule has 4 heterocycles. The molecule has 0 unspecified atom stereocenters. The highest BCUT2D eigenvalue weighted by atomic mass is 32.1. The molecule has 8 heteroatoms. The van der Waals surface area contributed by atoms with Crippen LogP contribution in [0.2, 0.25) is 0 Å². The van der Waals surface area contributed by atoms with Gasteiger partial charge in [-0.05, 0) is 36.4 Å². The number of carbonyl (C=O) groups excluding carboxylic acids is 2. The summed E-state index contributed by atoms with van der Waals surface area (Å²) in [6.07, 6.45) is 7.65. The van der Waals surface area contributed by atoms with Crippen molar-refractivity contribution < 1.29 is 14.0 Å². The fourth-order valence-corrected chi connectivity index (χ4v) is 3.34. The molecule has 27 heavy (non-hydrogen) atoms. The fraction of sp³-hybridized carbons (Fsp3) is 0. The van der Waals surface area contributed by atoms with Crippen LogP contribution >= 0.6 is 11.3 Å². The van der Waals surface area contributed by atoms with Gasteiger partial charge in [-0.1, -0.05) is 11.3 Å². The first-order valence-corrected chi connectivity index (χ1v) is 8.75. The summed E-state index contributed by atoms with van der Waals surface area (Å²) in [5.41, 5.74) is 1.25. The minimum Gasteiger partial charge on any atom is -0.463 e. The zero-order valence-corrected chi connectivity index (χ0v) is 14.6. The average Bonchev–Trinajstić information content (AvgIpc) is 3.38. The third kappa shape index (κ3) is 3.51. The smallest absolute Gasteiger partial charge is 0.257 e. The molecular formula is C19H12N4O3S. The highest BCUT2D eigenvalue weighted by Gasteiger charge is 2.23. The Morgan fingerprint density at radius 1 is 0.963 bits per heavy atom. The summed E-state index contributed by atoms with van der Waals surface area (Å²) < 4.78 is 5.40. The minimum atomic E-state index is -0.336. The van der Waals surface area contributed by atoms with Gasteiger partial charge in [0.2, 0.25) is 5.78 Å². The first-order valence-electron chi connectivity index (χ1n) is 7.93. The number of ketones is 1. The Morgan fingerprint density at radius 2 is 1.81 bits per heavy atom. The van der Waals surface area contributed by atoms with Crippen LogP contribution in [0.5, 0.6) is 0 Å². The molecule has 4 aromatic heterocycles. The molecule has 4 aromatic rings. The van der Waals surface area contributed by atoms with Crippen molar-refractivity contribution in [3.8, 4) is 11.5 Å². The van der Waals surface area contributed by atoms with Crippen LogP contribution in [0.3, 0.4) is 0 Å². The van der Waals surface area contributed by atoms with Gasteiger partial charge in [0.25, 0.3) is 5.91 Å². The van der Waals surface area contributed by atoms with Crippen LogP contribution in [0, 0.1) is 0 Å². The third-order valence-electron chi connectivity index (χ3n) is 3.67. The molecule has 4 rings (SSSR count). The number of nitrogens with zero attached hydrogens (tertiary/aromatic N) is 3. The molecule has 0 saturated carbocycles. The van der Waals surface area contributed by atoms with E-state index < -0.39 is 0 Å². The molecule has 0 spiro atoms. The summed E-state index contributed by atoms with van der Waals surface area (Å²) in [5, 5.41) is 3.02. The van der Waals surface area contributed by atoms with Crippen molar-refractivity contribution in [1.82, 2.24) is 15.0 Å². The second-order valence-electron chi connectivity index (χ2n) is 5.43. The van der Waals surface area contributed by atoms with Crippen molar-refractivity contribution in [1.29, 1.82) is 0 Å². The van der Waals surface area contributed by atoms with E-state index in [1.807, 2.05) is 0 Å². The average molecular weight is 376 g/mol. The van der Waals surface area contributed by atoms with Gasteiger partial charge in [-0.25, -0.2) is 4.98 Å². The van der Waals surface area contributed by atoms with Crippen LogP contribution in [0.25, 0.3) is 11.5 Å². The molecule has 1 amide bonds. The van der Waals surface area contributed by atoms with E-state index in [9.17, 15) is 9.59 Å². The normalized spacial score (nSPS) is 10.5. The van der Waals surface area contributed by atoms with E-state index in [1.54, 1.807) is 42.6 Å². The van der Waals surface area contributed by atoms with Crippen LogP contribution in [-0.2, 0) is 0 Å². The van der Waals surface area contributed by atoms with Gasteiger partial charge in [-0.3, -0.25) is 24.9 Å². The van der Waals surface area contributed by atoms with Crippen LogP contribution in [-0.4, -0.2) is 26.6 Å². The molecule has 0 radical (unpaired) electrons. The molecule has 1 N–H and O–H groups in total. The topological polar surface area (TPSA) is 98.0 Å². The SMILES string of the molecule is O=C(Nc1nc(-c2ccco2)c(C(=O)c2cccnc2)s1)c1ccncc1. The van der Waals surface area contributed by atoms with E-state index in [0.717, 1.165) is 11.3 Å².